The summed E-state index contributed by atoms with van der Waals surface area (Å²) in [6.07, 6.45) is 1.41. The molecule has 0 spiro atoms. The number of alkyl halides is 2. The standard InChI is InChI=1S/C13H12BrF2N3/c14-9-1-2-10-11(7-9)18-12(8-17-10)19-5-3-13(15,16)4-6-19/h1-2,7-8H,3-6H2. The first kappa shape index (κ1) is 12.7. The van der Waals surface area contributed by atoms with E-state index in [2.05, 4.69) is 25.9 Å². The number of aromatic nitrogens is 2. The van der Waals surface area contributed by atoms with Gasteiger partial charge in [0.2, 0.25) is 0 Å². The number of piperidine rings is 1. The molecule has 6 heteroatoms. The lowest BCUT2D eigenvalue weighted by atomic mass is 10.1. The number of anilines is 1. The Morgan fingerprint density at radius 1 is 1.16 bits per heavy atom. The fraction of sp³-hybridized carbons (Fsp3) is 0.385. The third-order valence-electron chi connectivity index (χ3n) is 3.31. The number of benzene rings is 1. The molecule has 0 atom stereocenters. The van der Waals surface area contributed by atoms with Crippen LogP contribution in [0.4, 0.5) is 14.6 Å². The van der Waals surface area contributed by atoms with Gasteiger partial charge >= 0.3 is 0 Å². The molecule has 0 N–H and O–H groups in total. The van der Waals surface area contributed by atoms with Crippen molar-refractivity contribution >= 4 is 32.8 Å². The van der Waals surface area contributed by atoms with E-state index in [0.29, 0.717) is 18.9 Å². The van der Waals surface area contributed by atoms with E-state index in [1.54, 1.807) is 6.20 Å². The Hall–Kier alpha value is -1.30. The molecule has 1 saturated heterocycles. The van der Waals surface area contributed by atoms with Crippen LogP contribution in [0.2, 0.25) is 0 Å². The van der Waals surface area contributed by atoms with Gasteiger partial charge < -0.3 is 4.90 Å². The monoisotopic (exact) mass is 327 g/mol. The number of hydrogen-bond donors (Lipinski definition) is 0. The van der Waals surface area contributed by atoms with Gasteiger partial charge in [-0.15, -0.1) is 0 Å². The number of hydrogen-bond acceptors (Lipinski definition) is 3. The second-order valence-electron chi connectivity index (χ2n) is 4.70. The molecule has 2 aromatic rings. The Morgan fingerprint density at radius 2 is 1.89 bits per heavy atom. The van der Waals surface area contributed by atoms with Crippen molar-refractivity contribution in [1.82, 2.24) is 9.97 Å². The first-order valence-electron chi connectivity index (χ1n) is 6.09. The Morgan fingerprint density at radius 3 is 2.63 bits per heavy atom. The summed E-state index contributed by atoms with van der Waals surface area (Å²) in [5.74, 6) is -1.87. The lowest BCUT2D eigenvalue weighted by Crippen LogP contribution is -2.39. The third kappa shape index (κ3) is 2.68. The maximum Gasteiger partial charge on any atom is 0.251 e. The van der Waals surface area contributed by atoms with Gasteiger partial charge in [0, 0.05) is 30.4 Å². The van der Waals surface area contributed by atoms with E-state index in [9.17, 15) is 8.78 Å². The molecule has 3 nitrogen and oxygen atoms in total. The number of fused-ring (bicyclic) bond motifs is 1. The van der Waals surface area contributed by atoms with E-state index in [0.717, 1.165) is 15.5 Å². The molecule has 0 amide bonds. The summed E-state index contributed by atoms with van der Waals surface area (Å²) in [7, 11) is 0. The molecular weight excluding hydrogens is 316 g/mol. The quantitative estimate of drug-likeness (QED) is 0.800. The fourth-order valence-electron chi connectivity index (χ4n) is 2.19. The molecule has 1 aromatic carbocycles. The summed E-state index contributed by atoms with van der Waals surface area (Å²) in [6, 6.07) is 5.66. The molecule has 100 valence electrons. The smallest absolute Gasteiger partial charge is 0.251 e. The summed E-state index contributed by atoms with van der Waals surface area (Å²) >= 11 is 3.39. The molecule has 1 aliphatic heterocycles. The highest BCUT2D eigenvalue weighted by Gasteiger charge is 2.34. The van der Waals surface area contributed by atoms with Gasteiger partial charge in [-0.25, -0.2) is 13.8 Å². The second kappa shape index (κ2) is 4.67. The number of nitrogens with zero attached hydrogens (tertiary/aromatic N) is 3. The Balaban J connectivity index is 1.89. The van der Waals surface area contributed by atoms with Gasteiger partial charge in [-0.05, 0) is 18.2 Å². The average Bonchev–Trinajstić information content (AvgIpc) is 2.38. The number of rotatable bonds is 1. The van der Waals surface area contributed by atoms with Crippen molar-refractivity contribution in [2.75, 3.05) is 18.0 Å². The van der Waals surface area contributed by atoms with E-state index >= 15 is 0 Å². The molecule has 2 heterocycles. The van der Waals surface area contributed by atoms with Crippen molar-refractivity contribution in [1.29, 1.82) is 0 Å². The molecular formula is C13H12BrF2N3. The molecule has 0 saturated carbocycles. The average molecular weight is 328 g/mol. The molecule has 0 radical (unpaired) electrons. The lowest BCUT2D eigenvalue weighted by Gasteiger charge is -2.32. The largest absolute Gasteiger partial charge is 0.355 e. The molecule has 0 unspecified atom stereocenters. The van der Waals surface area contributed by atoms with Gasteiger partial charge in [0.25, 0.3) is 5.92 Å². The van der Waals surface area contributed by atoms with E-state index in [1.165, 1.54) is 0 Å². The van der Waals surface area contributed by atoms with Crippen LogP contribution in [0.25, 0.3) is 11.0 Å². The topological polar surface area (TPSA) is 29.0 Å². The van der Waals surface area contributed by atoms with Crippen LogP contribution in [0.15, 0.2) is 28.9 Å². The summed E-state index contributed by atoms with van der Waals surface area (Å²) in [6.45, 7) is 0.641. The van der Waals surface area contributed by atoms with Crippen molar-refractivity contribution in [2.24, 2.45) is 0 Å². The lowest BCUT2D eigenvalue weighted by molar-refractivity contribution is -0.0221. The first-order valence-corrected chi connectivity index (χ1v) is 6.88. The van der Waals surface area contributed by atoms with Gasteiger partial charge in [-0.2, -0.15) is 0 Å². The van der Waals surface area contributed by atoms with Crippen LogP contribution in [0.1, 0.15) is 12.8 Å². The minimum Gasteiger partial charge on any atom is -0.355 e. The molecule has 3 rings (SSSR count). The molecule has 1 fully saturated rings. The molecule has 1 aliphatic rings. The van der Waals surface area contributed by atoms with Crippen LogP contribution in [0, 0.1) is 0 Å². The highest BCUT2D eigenvalue weighted by molar-refractivity contribution is 9.10. The fourth-order valence-corrected chi connectivity index (χ4v) is 2.54. The van der Waals surface area contributed by atoms with Crippen LogP contribution in [0.5, 0.6) is 0 Å². The zero-order chi connectivity index (χ0) is 13.5. The van der Waals surface area contributed by atoms with E-state index in [4.69, 9.17) is 0 Å². The van der Waals surface area contributed by atoms with Crippen LogP contribution < -0.4 is 4.90 Å². The van der Waals surface area contributed by atoms with Gasteiger partial charge in [0.1, 0.15) is 5.82 Å². The third-order valence-corrected chi connectivity index (χ3v) is 3.80. The predicted octanol–water partition coefficient (Wildman–Crippen LogP) is 3.63. The summed E-state index contributed by atoms with van der Waals surface area (Å²) < 4.78 is 27.2. The SMILES string of the molecule is FC1(F)CCN(c2cnc3ccc(Br)cc3n2)CC1. The molecule has 1 aromatic heterocycles. The number of halogens is 3. The normalized spacial score (nSPS) is 18.8. The highest BCUT2D eigenvalue weighted by atomic mass is 79.9. The Kier molecular flexibility index (Phi) is 3.12. The maximum absolute atomic E-state index is 13.1. The van der Waals surface area contributed by atoms with E-state index < -0.39 is 5.92 Å². The van der Waals surface area contributed by atoms with E-state index in [-0.39, 0.29) is 12.8 Å². The zero-order valence-electron chi connectivity index (χ0n) is 10.1. The minimum atomic E-state index is -2.54. The van der Waals surface area contributed by atoms with Gasteiger partial charge in [0.05, 0.1) is 17.2 Å². The van der Waals surface area contributed by atoms with Crippen molar-refractivity contribution in [3.63, 3.8) is 0 Å². The maximum atomic E-state index is 13.1. The predicted molar refractivity (Wildman–Crippen MR) is 73.6 cm³/mol. The van der Waals surface area contributed by atoms with Gasteiger partial charge in [0.15, 0.2) is 0 Å². The summed E-state index contributed by atoms with van der Waals surface area (Å²) in [4.78, 5) is 10.7. The molecule has 0 bridgehead atoms. The zero-order valence-corrected chi connectivity index (χ0v) is 11.7. The van der Waals surface area contributed by atoms with Crippen LogP contribution in [0.3, 0.4) is 0 Å². The first-order chi connectivity index (χ1) is 9.03. The molecule has 19 heavy (non-hydrogen) atoms. The highest BCUT2D eigenvalue weighted by Crippen LogP contribution is 2.30. The minimum absolute atomic E-state index is 0.120. The van der Waals surface area contributed by atoms with Crippen molar-refractivity contribution < 1.29 is 8.78 Å². The second-order valence-corrected chi connectivity index (χ2v) is 5.62. The van der Waals surface area contributed by atoms with Gasteiger partial charge in [-0.1, -0.05) is 15.9 Å². The van der Waals surface area contributed by atoms with Crippen LogP contribution in [-0.2, 0) is 0 Å². The van der Waals surface area contributed by atoms with Crippen LogP contribution in [-0.4, -0.2) is 29.0 Å². The van der Waals surface area contributed by atoms with E-state index in [1.807, 2.05) is 23.1 Å². The van der Waals surface area contributed by atoms with Crippen molar-refractivity contribution in [2.45, 2.75) is 18.8 Å². The summed E-state index contributed by atoms with van der Waals surface area (Å²) in [5, 5.41) is 0. The summed E-state index contributed by atoms with van der Waals surface area (Å²) in [5.41, 5.74) is 1.57. The van der Waals surface area contributed by atoms with Crippen LogP contribution >= 0.6 is 15.9 Å². The Bertz CT molecular complexity index is 608. The van der Waals surface area contributed by atoms with Gasteiger partial charge in [-0.3, -0.25) is 4.98 Å². The van der Waals surface area contributed by atoms with Crippen molar-refractivity contribution in [3.05, 3.63) is 28.9 Å². The Labute approximate surface area is 117 Å². The van der Waals surface area contributed by atoms with Crippen molar-refractivity contribution in [3.8, 4) is 0 Å². The molecule has 0 aliphatic carbocycles.